The lowest BCUT2D eigenvalue weighted by Crippen LogP contribution is -2.44. The number of rotatable bonds is 3. The predicted octanol–water partition coefficient (Wildman–Crippen LogP) is 1.48. The van der Waals surface area contributed by atoms with Crippen LogP contribution in [0.4, 0.5) is 0 Å². The summed E-state index contributed by atoms with van der Waals surface area (Å²) in [5.41, 5.74) is -0.0364. The van der Waals surface area contributed by atoms with Crippen LogP contribution in [-0.4, -0.2) is 11.4 Å². The van der Waals surface area contributed by atoms with E-state index in [1.54, 1.807) is 0 Å². The van der Waals surface area contributed by atoms with Gasteiger partial charge in [0.25, 0.3) is 0 Å². The van der Waals surface area contributed by atoms with E-state index in [2.05, 4.69) is 25.7 Å². The van der Waals surface area contributed by atoms with Gasteiger partial charge in [-0.05, 0) is 38.7 Å². The van der Waals surface area contributed by atoms with Crippen molar-refractivity contribution in [2.75, 3.05) is 0 Å². The Morgan fingerprint density at radius 2 is 2.18 bits per heavy atom. The Kier molecular flexibility index (Phi) is 2.03. The highest BCUT2D eigenvalue weighted by Gasteiger charge is 2.38. The summed E-state index contributed by atoms with van der Waals surface area (Å²) >= 11 is 0. The molecule has 0 atom stereocenters. The number of carbonyl (C=O) groups is 1. The van der Waals surface area contributed by atoms with Gasteiger partial charge in [-0.2, -0.15) is 0 Å². The first-order valence-electron chi connectivity index (χ1n) is 4.01. The summed E-state index contributed by atoms with van der Waals surface area (Å²) in [5.74, 6) is 0.605. The lowest BCUT2D eigenvalue weighted by Gasteiger charge is -2.25. The van der Waals surface area contributed by atoms with Gasteiger partial charge in [0, 0.05) is 5.54 Å². The fourth-order valence-electron chi connectivity index (χ4n) is 1.28. The number of hydrogen-bond acceptors (Lipinski definition) is 1. The number of carbonyl (C=O) groups excluding carboxylic acids is 1. The van der Waals surface area contributed by atoms with Gasteiger partial charge in [-0.25, -0.2) is 0 Å². The van der Waals surface area contributed by atoms with E-state index in [0.29, 0.717) is 5.92 Å². The second-order valence-corrected chi connectivity index (χ2v) is 3.69. The predicted molar refractivity (Wildman–Crippen MR) is 45.1 cm³/mol. The Morgan fingerprint density at radius 1 is 1.64 bits per heavy atom. The van der Waals surface area contributed by atoms with Crippen LogP contribution in [0.25, 0.3) is 0 Å². The second-order valence-electron chi connectivity index (χ2n) is 3.69. The Balaban J connectivity index is 2.44. The van der Waals surface area contributed by atoms with Gasteiger partial charge in [-0.1, -0.05) is 6.58 Å². The molecule has 2 nitrogen and oxygen atoms in total. The maximum Gasteiger partial charge on any atom is 0.243 e. The zero-order valence-electron chi connectivity index (χ0n) is 7.18. The maximum atomic E-state index is 10.9. The molecule has 0 bridgehead atoms. The minimum absolute atomic E-state index is 0.0364. The van der Waals surface area contributed by atoms with Gasteiger partial charge in [0.15, 0.2) is 0 Å². The van der Waals surface area contributed by atoms with E-state index in [-0.39, 0.29) is 11.4 Å². The zero-order chi connectivity index (χ0) is 8.48. The van der Waals surface area contributed by atoms with Crippen molar-refractivity contribution < 1.29 is 4.79 Å². The van der Waals surface area contributed by atoms with Crippen molar-refractivity contribution >= 4 is 5.91 Å². The van der Waals surface area contributed by atoms with Crippen LogP contribution in [0.15, 0.2) is 12.7 Å². The van der Waals surface area contributed by atoms with E-state index in [1.807, 2.05) is 0 Å². The molecule has 1 saturated carbocycles. The molecule has 1 aliphatic carbocycles. The molecule has 0 heterocycles. The molecular weight excluding hydrogens is 138 g/mol. The molecule has 0 saturated heterocycles. The van der Waals surface area contributed by atoms with Gasteiger partial charge in [0.2, 0.25) is 5.91 Å². The van der Waals surface area contributed by atoms with Crippen LogP contribution in [0.2, 0.25) is 0 Å². The summed E-state index contributed by atoms with van der Waals surface area (Å²) in [6.07, 6.45) is 3.80. The molecular formula is C9H15NO. The topological polar surface area (TPSA) is 29.1 Å². The molecule has 11 heavy (non-hydrogen) atoms. The minimum Gasteiger partial charge on any atom is -0.347 e. The monoisotopic (exact) mass is 153 g/mol. The standard InChI is InChI=1S/C9H15NO/c1-4-8(11)10-9(2,3)7-5-6-7/h4,7H,1,5-6H2,2-3H3,(H,10,11). The first-order chi connectivity index (χ1) is 5.06. The molecule has 62 valence electrons. The summed E-state index contributed by atoms with van der Waals surface area (Å²) < 4.78 is 0. The van der Waals surface area contributed by atoms with Gasteiger partial charge in [0.1, 0.15) is 0 Å². The summed E-state index contributed by atoms with van der Waals surface area (Å²) in [7, 11) is 0. The maximum absolute atomic E-state index is 10.9. The molecule has 0 unspecified atom stereocenters. The van der Waals surface area contributed by atoms with Crippen LogP contribution in [0.5, 0.6) is 0 Å². The lowest BCUT2D eigenvalue weighted by atomic mass is 9.99. The molecule has 0 radical (unpaired) electrons. The Bertz CT molecular complexity index is 180. The van der Waals surface area contributed by atoms with Crippen molar-refractivity contribution in [3.05, 3.63) is 12.7 Å². The van der Waals surface area contributed by atoms with E-state index in [1.165, 1.54) is 18.9 Å². The lowest BCUT2D eigenvalue weighted by molar-refractivity contribution is -0.118. The first kappa shape index (κ1) is 8.31. The smallest absolute Gasteiger partial charge is 0.243 e. The van der Waals surface area contributed by atoms with Gasteiger partial charge >= 0.3 is 0 Å². The van der Waals surface area contributed by atoms with Crippen LogP contribution in [0, 0.1) is 5.92 Å². The molecule has 0 spiro atoms. The molecule has 0 aliphatic heterocycles. The first-order valence-corrected chi connectivity index (χ1v) is 4.01. The number of nitrogens with one attached hydrogen (secondary N) is 1. The number of amides is 1. The highest BCUT2D eigenvalue weighted by atomic mass is 16.1. The van der Waals surface area contributed by atoms with E-state index >= 15 is 0 Å². The molecule has 1 fully saturated rings. The second kappa shape index (κ2) is 2.68. The molecule has 1 amide bonds. The Labute approximate surface area is 67.7 Å². The molecule has 1 aliphatic rings. The third kappa shape index (κ3) is 2.07. The molecule has 0 aromatic carbocycles. The third-order valence-electron chi connectivity index (χ3n) is 2.23. The summed E-state index contributed by atoms with van der Waals surface area (Å²) in [4.78, 5) is 10.9. The van der Waals surface area contributed by atoms with E-state index in [4.69, 9.17) is 0 Å². The largest absolute Gasteiger partial charge is 0.347 e. The van der Waals surface area contributed by atoms with Gasteiger partial charge in [-0.3, -0.25) is 4.79 Å². The van der Waals surface area contributed by atoms with Gasteiger partial charge in [-0.15, -0.1) is 0 Å². The van der Waals surface area contributed by atoms with Crippen LogP contribution in [0.3, 0.4) is 0 Å². The molecule has 1 N–H and O–H groups in total. The van der Waals surface area contributed by atoms with E-state index < -0.39 is 0 Å². The summed E-state index contributed by atoms with van der Waals surface area (Å²) in [5, 5.41) is 2.91. The van der Waals surface area contributed by atoms with E-state index in [9.17, 15) is 4.79 Å². The minimum atomic E-state index is -0.0677. The Hall–Kier alpha value is -0.790. The fraction of sp³-hybridized carbons (Fsp3) is 0.667. The summed E-state index contributed by atoms with van der Waals surface area (Å²) in [6, 6.07) is 0. The number of hydrogen-bond donors (Lipinski definition) is 1. The SMILES string of the molecule is C=CC(=O)NC(C)(C)C1CC1. The van der Waals surface area contributed by atoms with Crippen molar-refractivity contribution in [3.63, 3.8) is 0 Å². The third-order valence-corrected chi connectivity index (χ3v) is 2.23. The molecule has 1 rings (SSSR count). The van der Waals surface area contributed by atoms with Crippen LogP contribution >= 0.6 is 0 Å². The van der Waals surface area contributed by atoms with Gasteiger partial charge < -0.3 is 5.32 Å². The highest BCUT2D eigenvalue weighted by molar-refractivity contribution is 5.87. The average molecular weight is 153 g/mol. The van der Waals surface area contributed by atoms with Crippen molar-refractivity contribution in [3.8, 4) is 0 Å². The molecule has 2 heteroatoms. The van der Waals surface area contributed by atoms with Crippen molar-refractivity contribution in [2.45, 2.75) is 32.2 Å². The van der Waals surface area contributed by atoms with Gasteiger partial charge in [0.05, 0.1) is 0 Å². The zero-order valence-corrected chi connectivity index (χ0v) is 7.18. The van der Waals surface area contributed by atoms with E-state index in [0.717, 1.165) is 0 Å². The highest BCUT2D eigenvalue weighted by Crippen LogP contribution is 2.39. The quantitative estimate of drug-likeness (QED) is 0.611. The fourth-order valence-corrected chi connectivity index (χ4v) is 1.28. The molecule has 0 aromatic rings. The Morgan fingerprint density at radius 3 is 2.55 bits per heavy atom. The van der Waals surface area contributed by atoms with Crippen LogP contribution in [-0.2, 0) is 4.79 Å². The van der Waals surface area contributed by atoms with Crippen molar-refractivity contribution in [2.24, 2.45) is 5.92 Å². The van der Waals surface area contributed by atoms with Crippen LogP contribution < -0.4 is 5.32 Å². The van der Waals surface area contributed by atoms with Crippen LogP contribution in [0.1, 0.15) is 26.7 Å². The molecule has 0 aromatic heterocycles. The average Bonchev–Trinajstić information content (AvgIpc) is 2.66. The van der Waals surface area contributed by atoms with Crippen molar-refractivity contribution in [1.82, 2.24) is 5.32 Å². The normalized spacial score (nSPS) is 17.6. The van der Waals surface area contributed by atoms with Crippen molar-refractivity contribution in [1.29, 1.82) is 0 Å². The summed E-state index contributed by atoms with van der Waals surface area (Å²) in [6.45, 7) is 7.54.